The molecule has 1 aliphatic heterocycles. The fourth-order valence-electron chi connectivity index (χ4n) is 3.80. The fraction of sp³-hybridized carbons (Fsp3) is 0.300. The van der Waals surface area contributed by atoms with Crippen molar-refractivity contribution < 1.29 is 9.59 Å². The summed E-state index contributed by atoms with van der Waals surface area (Å²) in [6.45, 7) is 0.752. The van der Waals surface area contributed by atoms with Crippen molar-refractivity contribution in [1.29, 1.82) is 0 Å². The van der Waals surface area contributed by atoms with Gasteiger partial charge in [-0.3, -0.25) is 9.59 Å². The van der Waals surface area contributed by atoms with Crippen LogP contribution in [-0.2, 0) is 17.6 Å². The highest BCUT2D eigenvalue weighted by atomic mass is 16.2. The number of benzene rings is 2. The Bertz CT molecular complexity index is 781. The van der Waals surface area contributed by atoms with E-state index in [9.17, 15) is 9.59 Å². The maximum absolute atomic E-state index is 13.0. The van der Waals surface area contributed by atoms with Crippen molar-refractivity contribution >= 4 is 17.4 Å². The quantitative estimate of drug-likeness (QED) is 0.809. The lowest BCUT2D eigenvalue weighted by molar-refractivity contribution is -0.122. The first-order valence-corrected chi connectivity index (χ1v) is 8.24. The van der Waals surface area contributed by atoms with E-state index in [1.165, 1.54) is 5.56 Å². The Hall–Kier alpha value is -2.42. The number of hydrogen-bond donors (Lipinski definition) is 0. The van der Waals surface area contributed by atoms with Crippen LogP contribution >= 0.6 is 0 Å². The number of carbonyl (C=O) groups is 2. The van der Waals surface area contributed by atoms with Crippen LogP contribution in [0.2, 0.25) is 0 Å². The predicted octanol–water partition coefficient (Wildman–Crippen LogP) is 3.41. The van der Waals surface area contributed by atoms with Gasteiger partial charge in [0, 0.05) is 30.1 Å². The van der Waals surface area contributed by atoms with E-state index in [1.54, 1.807) is 0 Å². The molecule has 1 unspecified atom stereocenters. The predicted molar refractivity (Wildman–Crippen MR) is 89.7 cm³/mol. The number of fused-ring (bicyclic) bond motifs is 2. The number of anilines is 1. The van der Waals surface area contributed by atoms with Crippen LogP contribution < -0.4 is 4.90 Å². The number of para-hydroxylation sites is 1. The van der Waals surface area contributed by atoms with Crippen molar-refractivity contribution in [3.05, 3.63) is 65.2 Å². The third kappa shape index (κ3) is 2.46. The Kier molecular flexibility index (Phi) is 3.49. The molecule has 23 heavy (non-hydrogen) atoms. The van der Waals surface area contributed by atoms with Crippen molar-refractivity contribution in [2.24, 2.45) is 5.92 Å². The highest BCUT2D eigenvalue weighted by Gasteiger charge is 2.34. The third-order valence-electron chi connectivity index (χ3n) is 4.94. The number of nitrogens with zero attached hydrogens (tertiary/aromatic N) is 1. The Balaban J connectivity index is 1.63. The molecule has 0 aromatic heterocycles. The molecule has 4 rings (SSSR count). The largest absolute Gasteiger partial charge is 0.312 e. The van der Waals surface area contributed by atoms with Crippen molar-refractivity contribution in [3.63, 3.8) is 0 Å². The maximum atomic E-state index is 13.0. The van der Waals surface area contributed by atoms with E-state index in [1.807, 2.05) is 47.4 Å². The summed E-state index contributed by atoms with van der Waals surface area (Å²) >= 11 is 0. The highest BCUT2D eigenvalue weighted by Crippen LogP contribution is 2.32. The minimum absolute atomic E-state index is 0.0931. The van der Waals surface area contributed by atoms with Crippen molar-refractivity contribution in [1.82, 2.24) is 0 Å². The summed E-state index contributed by atoms with van der Waals surface area (Å²) in [5.74, 6) is -0.0425. The zero-order chi connectivity index (χ0) is 15.8. The first-order valence-electron chi connectivity index (χ1n) is 8.24. The molecule has 2 aliphatic rings. The van der Waals surface area contributed by atoms with Gasteiger partial charge in [-0.25, -0.2) is 0 Å². The Labute approximate surface area is 135 Å². The highest BCUT2D eigenvalue weighted by molar-refractivity contribution is 6.04. The van der Waals surface area contributed by atoms with Crippen LogP contribution in [-0.4, -0.2) is 18.2 Å². The van der Waals surface area contributed by atoms with E-state index in [0.717, 1.165) is 36.2 Å². The second-order valence-corrected chi connectivity index (χ2v) is 6.41. The van der Waals surface area contributed by atoms with E-state index in [4.69, 9.17) is 0 Å². The first-order chi connectivity index (χ1) is 11.2. The summed E-state index contributed by atoms with van der Waals surface area (Å²) in [5, 5.41) is 0. The standard InChI is InChI=1S/C20H19NO2/c22-19-13-16(12-15-7-1-3-9-17(15)19)20(23)21-11-5-8-14-6-2-4-10-18(14)21/h1-4,6-7,9-10,16H,5,8,11-13H2. The van der Waals surface area contributed by atoms with Crippen LogP contribution in [0.5, 0.6) is 0 Å². The van der Waals surface area contributed by atoms with Gasteiger partial charge in [-0.2, -0.15) is 0 Å². The lowest BCUT2D eigenvalue weighted by Crippen LogP contribution is -2.42. The summed E-state index contributed by atoms with van der Waals surface area (Å²) < 4.78 is 0. The topological polar surface area (TPSA) is 37.4 Å². The summed E-state index contributed by atoms with van der Waals surface area (Å²) in [7, 11) is 0. The van der Waals surface area contributed by atoms with Crippen molar-refractivity contribution in [3.8, 4) is 0 Å². The fourth-order valence-corrected chi connectivity index (χ4v) is 3.80. The second-order valence-electron chi connectivity index (χ2n) is 6.41. The van der Waals surface area contributed by atoms with Crippen LogP contribution in [0.4, 0.5) is 5.69 Å². The van der Waals surface area contributed by atoms with Gasteiger partial charge in [-0.15, -0.1) is 0 Å². The van der Waals surface area contributed by atoms with E-state index in [-0.39, 0.29) is 17.6 Å². The molecule has 1 heterocycles. The summed E-state index contributed by atoms with van der Waals surface area (Å²) in [4.78, 5) is 27.3. The van der Waals surface area contributed by atoms with Gasteiger partial charge >= 0.3 is 0 Å². The lowest BCUT2D eigenvalue weighted by atomic mass is 9.82. The number of amides is 1. The Morgan fingerprint density at radius 1 is 0.957 bits per heavy atom. The Morgan fingerprint density at radius 3 is 2.57 bits per heavy atom. The van der Waals surface area contributed by atoms with Crippen molar-refractivity contribution in [2.75, 3.05) is 11.4 Å². The minimum Gasteiger partial charge on any atom is -0.312 e. The minimum atomic E-state index is -0.233. The van der Waals surface area contributed by atoms with Crippen LogP contribution in [0.15, 0.2) is 48.5 Å². The van der Waals surface area contributed by atoms with Gasteiger partial charge in [0.1, 0.15) is 0 Å². The monoisotopic (exact) mass is 305 g/mol. The SMILES string of the molecule is O=C1CC(C(=O)N2CCCc3ccccc32)Cc2ccccc21. The van der Waals surface area contributed by atoms with Crippen molar-refractivity contribution in [2.45, 2.75) is 25.7 Å². The Morgan fingerprint density at radius 2 is 1.70 bits per heavy atom. The van der Waals surface area contributed by atoms with E-state index in [0.29, 0.717) is 12.8 Å². The number of aryl methyl sites for hydroxylation is 1. The zero-order valence-electron chi connectivity index (χ0n) is 13.0. The average Bonchev–Trinajstić information content (AvgIpc) is 2.60. The van der Waals surface area contributed by atoms with E-state index >= 15 is 0 Å². The van der Waals surface area contributed by atoms with Crippen LogP contribution in [0.25, 0.3) is 0 Å². The zero-order valence-corrected chi connectivity index (χ0v) is 13.0. The van der Waals surface area contributed by atoms with E-state index < -0.39 is 0 Å². The molecule has 0 radical (unpaired) electrons. The number of Topliss-reactive ketones (excluding diaryl/α,β-unsaturated/α-hetero) is 1. The summed E-state index contributed by atoms with van der Waals surface area (Å²) in [6.07, 6.45) is 3.00. The summed E-state index contributed by atoms with van der Waals surface area (Å²) in [6, 6.07) is 15.8. The number of hydrogen-bond acceptors (Lipinski definition) is 2. The van der Waals surface area contributed by atoms with E-state index in [2.05, 4.69) is 6.07 Å². The normalized spacial score (nSPS) is 19.9. The molecular weight excluding hydrogens is 286 g/mol. The maximum Gasteiger partial charge on any atom is 0.230 e. The molecule has 3 nitrogen and oxygen atoms in total. The van der Waals surface area contributed by atoms with Crippen LogP contribution in [0.3, 0.4) is 0 Å². The molecule has 0 saturated heterocycles. The molecule has 0 saturated carbocycles. The molecule has 2 aromatic carbocycles. The smallest absolute Gasteiger partial charge is 0.230 e. The molecule has 116 valence electrons. The molecular formula is C20H19NO2. The van der Waals surface area contributed by atoms with Crippen LogP contribution in [0, 0.1) is 5.92 Å². The van der Waals surface area contributed by atoms with Gasteiger partial charge in [-0.1, -0.05) is 42.5 Å². The molecule has 0 N–H and O–H groups in total. The molecule has 3 heteroatoms. The number of ketones is 1. The molecule has 1 aliphatic carbocycles. The summed E-state index contributed by atoms with van der Waals surface area (Å²) in [5.41, 5.74) is 4.05. The van der Waals surface area contributed by atoms with Gasteiger partial charge in [0.15, 0.2) is 5.78 Å². The number of carbonyl (C=O) groups excluding carboxylic acids is 2. The van der Waals surface area contributed by atoms with Crippen LogP contribution in [0.1, 0.15) is 34.3 Å². The van der Waals surface area contributed by atoms with Gasteiger partial charge in [0.25, 0.3) is 0 Å². The molecule has 1 amide bonds. The van der Waals surface area contributed by atoms with Gasteiger partial charge in [-0.05, 0) is 36.5 Å². The molecule has 2 aromatic rings. The van der Waals surface area contributed by atoms with Gasteiger partial charge < -0.3 is 4.90 Å². The molecule has 1 atom stereocenters. The van der Waals surface area contributed by atoms with Gasteiger partial charge in [0.2, 0.25) is 5.91 Å². The third-order valence-corrected chi connectivity index (χ3v) is 4.94. The first kappa shape index (κ1) is 14.2. The number of rotatable bonds is 1. The molecule has 0 bridgehead atoms. The molecule has 0 spiro atoms. The van der Waals surface area contributed by atoms with Gasteiger partial charge in [0.05, 0.1) is 0 Å². The molecule has 0 fully saturated rings. The lowest BCUT2D eigenvalue weighted by Gasteiger charge is -2.33. The second kappa shape index (κ2) is 5.65. The average molecular weight is 305 g/mol.